The highest BCUT2D eigenvalue weighted by Crippen LogP contribution is 2.31. The Morgan fingerprint density at radius 1 is 1.12 bits per heavy atom. The molecule has 1 atom stereocenters. The molecule has 1 rings (SSSR count). The van der Waals surface area contributed by atoms with E-state index in [-0.39, 0.29) is 6.42 Å². The summed E-state index contributed by atoms with van der Waals surface area (Å²) in [7, 11) is -9.71. The Labute approximate surface area is 145 Å². The third-order valence-electron chi connectivity index (χ3n) is 3.48. The predicted octanol–water partition coefficient (Wildman–Crippen LogP) is 2.37. The second kappa shape index (κ2) is 8.49. The molecule has 0 spiro atoms. The zero-order valence-corrected chi connectivity index (χ0v) is 15.6. The molecular formula is C13H22F3N2O5S2+. The van der Waals surface area contributed by atoms with Gasteiger partial charge in [0.25, 0.3) is 0 Å². The van der Waals surface area contributed by atoms with E-state index in [2.05, 4.69) is 3.63 Å². The summed E-state index contributed by atoms with van der Waals surface area (Å²) < 4.78 is 90.1. The molecule has 0 saturated carbocycles. The zero-order chi connectivity index (χ0) is 19.3. The van der Waals surface area contributed by atoms with Crippen LogP contribution in [-0.4, -0.2) is 26.9 Å². The highest BCUT2D eigenvalue weighted by molar-refractivity contribution is 8.00. The number of alkyl halides is 3. The standard InChI is InChI=1S/C13H22F3N2O5S2/c1-3-4-5-6-7-8-12(18-10-9-17(2)11-18)24(19,20)23-25(21,22)13(14,15)16/h9-12H,3-8H2,1-2H3/q+1. The van der Waals surface area contributed by atoms with Crippen LogP contribution in [0.15, 0.2) is 18.7 Å². The van der Waals surface area contributed by atoms with Crippen LogP contribution in [0.3, 0.4) is 0 Å². The molecule has 0 aliphatic carbocycles. The van der Waals surface area contributed by atoms with Crippen LogP contribution < -0.4 is 4.57 Å². The van der Waals surface area contributed by atoms with Gasteiger partial charge in [-0.15, -0.1) is 3.63 Å². The van der Waals surface area contributed by atoms with Crippen molar-refractivity contribution in [3.63, 3.8) is 0 Å². The zero-order valence-electron chi connectivity index (χ0n) is 13.9. The number of hydrogen-bond donors (Lipinski definition) is 0. The van der Waals surface area contributed by atoms with Gasteiger partial charge in [0.15, 0.2) is 0 Å². The maximum absolute atomic E-state index is 12.4. The SMILES string of the molecule is CCCCCCCC(n1cc[n+](C)c1)S(=O)(=O)OS(=O)(=O)C(F)(F)F. The Morgan fingerprint density at radius 3 is 2.20 bits per heavy atom. The maximum atomic E-state index is 12.4. The first-order valence-electron chi connectivity index (χ1n) is 7.69. The highest BCUT2D eigenvalue weighted by Gasteiger charge is 2.52. The molecule has 1 aromatic rings. The monoisotopic (exact) mass is 407 g/mol. The van der Waals surface area contributed by atoms with Crippen LogP contribution >= 0.6 is 0 Å². The second-order valence-corrected chi connectivity index (χ2v) is 9.09. The largest absolute Gasteiger partial charge is 0.524 e. The van der Waals surface area contributed by atoms with E-state index in [1.54, 1.807) is 7.05 Å². The number of nitrogens with zero attached hydrogens (tertiary/aromatic N) is 2. The quantitative estimate of drug-likeness (QED) is 0.338. The van der Waals surface area contributed by atoms with E-state index in [9.17, 15) is 30.0 Å². The Morgan fingerprint density at radius 2 is 1.72 bits per heavy atom. The Bertz CT molecular complexity index is 757. The fourth-order valence-electron chi connectivity index (χ4n) is 2.21. The lowest BCUT2D eigenvalue weighted by atomic mass is 10.1. The highest BCUT2D eigenvalue weighted by atomic mass is 32.3. The van der Waals surface area contributed by atoms with E-state index in [1.807, 2.05) is 6.92 Å². The first kappa shape index (κ1) is 21.9. The number of rotatable bonds is 10. The number of aryl methyl sites for hydroxylation is 1. The van der Waals surface area contributed by atoms with Gasteiger partial charge in [0.05, 0.1) is 7.05 Å². The molecule has 0 bridgehead atoms. The van der Waals surface area contributed by atoms with Crippen LogP contribution in [0.4, 0.5) is 13.2 Å². The Balaban J connectivity index is 3.01. The lowest BCUT2D eigenvalue weighted by Crippen LogP contribution is -2.32. The van der Waals surface area contributed by atoms with Crippen molar-refractivity contribution in [1.82, 2.24) is 4.57 Å². The minimum Gasteiger partial charge on any atom is -0.240 e. The van der Waals surface area contributed by atoms with Gasteiger partial charge in [0.1, 0.15) is 12.4 Å². The molecule has 0 aromatic carbocycles. The Kier molecular flexibility index (Phi) is 7.44. The van der Waals surface area contributed by atoms with Crippen LogP contribution in [0.2, 0.25) is 0 Å². The van der Waals surface area contributed by atoms with Gasteiger partial charge in [-0.3, -0.25) is 0 Å². The van der Waals surface area contributed by atoms with Crippen molar-refractivity contribution in [1.29, 1.82) is 0 Å². The summed E-state index contributed by atoms with van der Waals surface area (Å²) in [5.41, 5.74) is -5.81. The molecule has 0 radical (unpaired) electrons. The number of imidazole rings is 1. The van der Waals surface area contributed by atoms with Crippen molar-refractivity contribution >= 4 is 20.2 Å². The third-order valence-corrected chi connectivity index (χ3v) is 6.67. The number of aromatic nitrogens is 2. The number of hydrogen-bond acceptors (Lipinski definition) is 5. The van der Waals surface area contributed by atoms with Crippen molar-refractivity contribution in [2.24, 2.45) is 7.05 Å². The van der Waals surface area contributed by atoms with Crippen molar-refractivity contribution in [2.45, 2.75) is 56.3 Å². The lowest BCUT2D eigenvalue weighted by Gasteiger charge is -2.15. The third kappa shape index (κ3) is 6.26. The van der Waals surface area contributed by atoms with Crippen molar-refractivity contribution in [2.75, 3.05) is 0 Å². The van der Waals surface area contributed by atoms with Gasteiger partial charge in [-0.25, -0.2) is 9.13 Å². The van der Waals surface area contributed by atoms with Crippen LogP contribution in [-0.2, 0) is 30.9 Å². The van der Waals surface area contributed by atoms with E-state index in [0.717, 1.165) is 23.8 Å². The van der Waals surface area contributed by atoms with Crippen LogP contribution in [0.25, 0.3) is 0 Å². The summed E-state index contributed by atoms with van der Waals surface area (Å²) in [5.74, 6) is 0. The van der Waals surface area contributed by atoms with Crippen LogP contribution in [0.1, 0.15) is 50.8 Å². The molecule has 25 heavy (non-hydrogen) atoms. The molecule has 146 valence electrons. The molecule has 1 heterocycles. The first-order valence-corrected chi connectivity index (χ1v) is 10.6. The summed E-state index contributed by atoms with van der Waals surface area (Å²) in [6, 6.07) is 0. The molecular weight excluding hydrogens is 385 g/mol. The van der Waals surface area contributed by atoms with E-state index in [4.69, 9.17) is 0 Å². The maximum Gasteiger partial charge on any atom is 0.524 e. The fraction of sp³-hybridized carbons (Fsp3) is 0.769. The molecule has 1 aromatic heterocycles. The van der Waals surface area contributed by atoms with Gasteiger partial charge in [-0.2, -0.15) is 30.0 Å². The van der Waals surface area contributed by atoms with Crippen molar-refractivity contribution in [3.05, 3.63) is 18.7 Å². The molecule has 0 aliphatic rings. The molecule has 0 N–H and O–H groups in total. The van der Waals surface area contributed by atoms with E-state index in [1.165, 1.54) is 23.3 Å². The van der Waals surface area contributed by atoms with Crippen LogP contribution in [0, 0.1) is 0 Å². The average Bonchev–Trinajstić information content (AvgIpc) is 2.86. The van der Waals surface area contributed by atoms with Crippen LogP contribution in [0.5, 0.6) is 0 Å². The van der Waals surface area contributed by atoms with E-state index >= 15 is 0 Å². The smallest absolute Gasteiger partial charge is 0.240 e. The summed E-state index contributed by atoms with van der Waals surface area (Å²) in [6.45, 7) is 2.00. The minimum absolute atomic E-state index is 0.0614. The van der Waals surface area contributed by atoms with Gasteiger partial charge in [-0.05, 0) is 6.42 Å². The minimum atomic E-state index is -6.25. The topological polar surface area (TPSA) is 86.3 Å². The molecule has 7 nitrogen and oxygen atoms in total. The van der Waals surface area contributed by atoms with Gasteiger partial charge in [0.2, 0.25) is 11.7 Å². The summed E-state index contributed by atoms with van der Waals surface area (Å²) in [6.07, 6.45) is 7.95. The first-order chi connectivity index (χ1) is 11.4. The molecule has 12 heteroatoms. The Hall–Kier alpha value is -1.14. The second-order valence-electron chi connectivity index (χ2n) is 5.64. The van der Waals surface area contributed by atoms with E-state index < -0.39 is 31.1 Å². The normalized spacial score (nSPS) is 14.6. The lowest BCUT2D eigenvalue weighted by molar-refractivity contribution is -0.671. The van der Waals surface area contributed by atoms with Gasteiger partial charge >= 0.3 is 25.7 Å². The average molecular weight is 407 g/mol. The van der Waals surface area contributed by atoms with Crippen molar-refractivity contribution in [3.8, 4) is 0 Å². The van der Waals surface area contributed by atoms with Gasteiger partial charge in [-0.1, -0.05) is 32.6 Å². The predicted molar refractivity (Wildman–Crippen MR) is 83.0 cm³/mol. The number of halogens is 3. The van der Waals surface area contributed by atoms with Gasteiger partial charge in [0, 0.05) is 6.42 Å². The molecule has 0 amide bonds. The molecule has 0 saturated heterocycles. The van der Waals surface area contributed by atoms with Gasteiger partial charge < -0.3 is 0 Å². The fourth-order valence-corrected chi connectivity index (χ4v) is 4.76. The molecule has 1 unspecified atom stereocenters. The van der Waals surface area contributed by atoms with E-state index in [0.29, 0.717) is 12.8 Å². The van der Waals surface area contributed by atoms with Crippen molar-refractivity contribution < 1.29 is 38.2 Å². The molecule has 0 aliphatic heterocycles. The summed E-state index contributed by atoms with van der Waals surface area (Å²) >= 11 is 0. The number of unbranched alkanes of at least 4 members (excludes halogenated alkanes) is 4. The molecule has 0 fully saturated rings. The summed E-state index contributed by atoms with van der Waals surface area (Å²) in [4.78, 5) is 0. The summed E-state index contributed by atoms with van der Waals surface area (Å²) in [5, 5.41) is -1.56.